The Balaban J connectivity index is 1.43. The minimum absolute atomic E-state index is 0.156. The zero-order valence-electron chi connectivity index (χ0n) is 16.1. The van der Waals surface area contributed by atoms with Gasteiger partial charge >= 0.3 is 0 Å². The van der Waals surface area contributed by atoms with Crippen molar-refractivity contribution in [1.82, 2.24) is 9.78 Å². The first-order valence-electron chi connectivity index (χ1n) is 9.89. The van der Waals surface area contributed by atoms with Gasteiger partial charge in [-0.25, -0.2) is 0 Å². The van der Waals surface area contributed by atoms with Gasteiger partial charge in [0.25, 0.3) is 0 Å². The lowest BCUT2D eigenvalue weighted by Gasteiger charge is -2.20. The van der Waals surface area contributed by atoms with Crippen molar-refractivity contribution in [3.63, 3.8) is 0 Å². The number of fused-ring (bicyclic) bond motifs is 2. The Kier molecular flexibility index (Phi) is 4.60. The molecule has 0 aliphatic heterocycles. The topological polar surface area (TPSA) is 46.9 Å². The average molecular weight is 351 g/mol. The van der Waals surface area contributed by atoms with Gasteiger partial charge in [0.15, 0.2) is 0 Å². The highest BCUT2D eigenvalue weighted by molar-refractivity contribution is 5.92. The highest BCUT2D eigenvalue weighted by atomic mass is 16.1. The molecular formula is C22H29N3O. The monoisotopic (exact) mass is 351 g/mol. The molecule has 0 saturated heterocycles. The normalized spacial score (nSPS) is 24.2. The molecule has 3 atom stereocenters. The van der Waals surface area contributed by atoms with Crippen LogP contribution in [0.15, 0.2) is 24.3 Å². The molecule has 0 radical (unpaired) electrons. The summed E-state index contributed by atoms with van der Waals surface area (Å²) in [7, 11) is 0. The van der Waals surface area contributed by atoms with Crippen LogP contribution in [0.5, 0.6) is 0 Å². The van der Waals surface area contributed by atoms with Gasteiger partial charge in [-0.15, -0.1) is 0 Å². The molecule has 0 spiro atoms. The van der Waals surface area contributed by atoms with Crippen LogP contribution in [0, 0.1) is 38.5 Å². The van der Waals surface area contributed by atoms with Crippen LogP contribution >= 0.6 is 0 Å². The number of aromatic nitrogens is 2. The van der Waals surface area contributed by atoms with E-state index in [1.165, 1.54) is 36.8 Å². The van der Waals surface area contributed by atoms with Gasteiger partial charge in [-0.05, 0) is 63.4 Å². The predicted molar refractivity (Wildman–Crippen MR) is 104 cm³/mol. The van der Waals surface area contributed by atoms with Crippen molar-refractivity contribution in [1.29, 1.82) is 0 Å². The summed E-state index contributed by atoms with van der Waals surface area (Å²) < 4.78 is 2.00. The number of nitrogens with one attached hydrogen (secondary N) is 1. The minimum atomic E-state index is 0.156. The third-order valence-corrected chi connectivity index (χ3v) is 6.39. The van der Waals surface area contributed by atoms with Gasteiger partial charge in [0.2, 0.25) is 5.91 Å². The van der Waals surface area contributed by atoms with E-state index in [9.17, 15) is 4.79 Å². The van der Waals surface area contributed by atoms with Crippen molar-refractivity contribution in [3.05, 3.63) is 46.8 Å². The Morgan fingerprint density at radius 3 is 2.77 bits per heavy atom. The molecule has 26 heavy (non-hydrogen) atoms. The van der Waals surface area contributed by atoms with Crippen LogP contribution in [0.25, 0.3) is 0 Å². The van der Waals surface area contributed by atoms with Crippen LogP contribution in [-0.2, 0) is 11.3 Å². The zero-order chi connectivity index (χ0) is 18.3. The number of carbonyl (C=O) groups excluding carboxylic acids is 1. The summed E-state index contributed by atoms with van der Waals surface area (Å²) in [6, 6.07) is 8.49. The Bertz CT molecular complexity index is 823. The summed E-state index contributed by atoms with van der Waals surface area (Å²) in [5.41, 5.74) is 5.31. The van der Waals surface area contributed by atoms with Gasteiger partial charge in [0.05, 0.1) is 23.6 Å². The molecule has 3 unspecified atom stereocenters. The summed E-state index contributed by atoms with van der Waals surface area (Å²) in [6.45, 7) is 6.86. The molecule has 4 heteroatoms. The minimum Gasteiger partial charge on any atom is -0.323 e. The number of hydrogen-bond donors (Lipinski definition) is 1. The van der Waals surface area contributed by atoms with Crippen molar-refractivity contribution >= 4 is 11.6 Å². The van der Waals surface area contributed by atoms with Crippen molar-refractivity contribution in [2.75, 3.05) is 5.32 Å². The molecule has 1 aromatic carbocycles. The Morgan fingerprint density at radius 1 is 1.23 bits per heavy atom. The van der Waals surface area contributed by atoms with E-state index < -0.39 is 0 Å². The van der Waals surface area contributed by atoms with Crippen LogP contribution in [0.1, 0.15) is 54.6 Å². The van der Waals surface area contributed by atoms with Crippen LogP contribution in [0.4, 0.5) is 5.69 Å². The fraction of sp³-hybridized carbons (Fsp3) is 0.545. The number of aryl methyl sites for hydroxylation is 2. The molecule has 1 aromatic heterocycles. The molecule has 2 aromatic rings. The lowest BCUT2D eigenvalue weighted by atomic mass is 9.86. The molecule has 4 nitrogen and oxygen atoms in total. The van der Waals surface area contributed by atoms with Crippen LogP contribution in [-0.4, -0.2) is 15.7 Å². The molecule has 2 fully saturated rings. The number of rotatable bonds is 5. The highest BCUT2D eigenvalue weighted by Gasteiger charge is 2.40. The second kappa shape index (κ2) is 6.90. The maximum absolute atomic E-state index is 12.6. The van der Waals surface area contributed by atoms with E-state index in [4.69, 9.17) is 0 Å². The van der Waals surface area contributed by atoms with E-state index in [0.717, 1.165) is 35.5 Å². The third kappa shape index (κ3) is 3.42. The second-order valence-corrected chi connectivity index (χ2v) is 8.38. The van der Waals surface area contributed by atoms with Crippen molar-refractivity contribution in [2.24, 2.45) is 17.8 Å². The summed E-state index contributed by atoms with van der Waals surface area (Å²) in [4.78, 5) is 12.6. The fourth-order valence-electron chi connectivity index (χ4n) is 5.07. The van der Waals surface area contributed by atoms with Gasteiger partial charge in [0, 0.05) is 6.42 Å². The smallest absolute Gasteiger partial charge is 0.224 e. The molecule has 4 rings (SSSR count). The largest absolute Gasteiger partial charge is 0.323 e. The standard InChI is InChI=1S/C22H29N3O/c1-14-5-4-6-18(9-14)13-25-16(3)22(15(2)24-25)23-21(26)12-20-11-17-7-8-19(20)10-17/h4-6,9,17,19-20H,7-8,10-13H2,1-3H3,(H,23,26). The average Bonchev–Trinajstić information content (AvgIpc) is 3.27. The summed E-state index contributed by atoms with van der Waals surface area (Å²) >= 11 is 0. The number of amides is 1. The Hall–Kier alpha value is -2.10. The molecule has 1 heterocycles. The van der Waals surface area contributed by atoms with Gasteiger partial charge in [-0.3, -0.25) is 9.48 Å². The Labute approximate surface area is 156 Å². The summed E-state index contributed by atoms with van der Waals surface area (Å²) in [5, 5.41) is 7.82. The fourth-order valence-corrected chi connectivity index (χ4v) is 5.07. The van der Waals surface area contributed by atoms with E-state index in [1.807, 2.05) is 18.5 Å². The van der Waals surface area contributed by atoms with Crippen molar-refractivity contribution in [3.8, 4) is 0 Å². The molecule has 1 amide bonds. The van der Waals surface area contributed by atoms with Gasteiger partial charge in [-0.1, -0.05) is 36.2 Å². The van der Waals surface area contributed by atoms with Crippen LogP contribution in [0.2, 0.25) is 0 Å². The molecule has 138 valence electrons. The van der Waals surface area contributed by atoms with E-state index in [-0.39, 0.29) is 5.91 Å². The maximum atomic E-state index is 12.6. The van der Waals surface area contributed by atoms with Crippen LogP contribution < -0.4 is 5.32 Å². The summed E-state index contributed by atoms with van der Waals surface area (Å²) in [6.07, 6.45) is 5.98. The molecular weight excluding hydrogens is 322 g/mol. The first-order chi connectivity index (χ1) is 12.5. The second-order valence-electron chi connectivity index (χ2n) is 8.38. The number of anilines is 1. The van der Waals surface area contributed by atoms with E-state index in [2.05, 4.69) is 41.6 Å². The lowest BCUT2D eigenvalue weighted by Crippen LogP contribution is -2.20. The number of hydrogen-bond acceptors (Lipinski definition) is 2. The molecule has 2 saturated carbocycles. The first-order valence-corrected chi connectivity index (χ1v) is 9.89. The van der Waals surface area contributed by atoms with Crippen molar-refractivity contribution < 1.29 is 4.79 Å². The summed E-state index contributed by atoms with van der Waals surface area (Å²) in [5.74, 6) is 2.43. The van der Waals surface area contributed by atoms with E-state index >= 15 is 0 Å². The SMILES string of the molecule is Cc1cccc(Cn2nc(C)c(NC(=O)CC3CC4CCC3C4)c2C)c1. The molecule has 2 bridgehead atoms. The van der Waals surface area contributed by atoms with Gasteiger partial charge in [0.1, 0.15) is 0 Å². The number of carbonyl (C=O) groups is 1. The van der Waals surface area contributed by atoms with Gasteiger partial charge in [-0.2, -0.15) is 5.10 Å². The Morgan fingerprint density at radius 2 is 2.08 bits per heavy atom. The molecule has 1 N–H and O–H groups in total. The van der Waals surface area contributed by atoms with Crippen LogP contribution in [0.3, 0.4) is 0 Å². The first kappa shape index (κ1) is 17.3. The van der Waals surface area contributed by atoms with E-state index in [0.29, 0.717) is 12.3 Å². The molecule has 2 aliphatic rings. The predicted octanol–water partition coefficient (Wildman–Crippen LogP) is 4.62. The number of benzene rings is 1. The number of nitrogens with zero attached hydrogens (tertiary/aromatic N) is 2. The van der Waals surface area contributed by atoms with E-state index in [1.54, 1.807) is 0 Å². The lowest BCUT2D eigenvalue weighted by molar-refractivity contribution is -0.117. The molecule has 2 aliphatic carbocycles. The third-order valence-electron chi connectivity index (χ3n) is 6.39. The quantitative estimate of drug-likeness (QED) is 0.854. The zero-order valence-corrected chi connectivity index (χ0v) is 16.1. The van der Waals surface area contributed by atoms with Gasteiger partial charge < -0.3 is 5.32 Å². The van der Waals surface area contributed by atoms with Crippen molar-refractivity contribution in [2.45, 2.75) is 59.4 Å². The highest BCUT2D eigenvalue weighted by Crippen LogP contribution is 2.49. The maximum Gasteiger partial charge on any atom is 0.224 e.